The van der Waals surface area contributed by atoms with E-state index in [4.69, 9.17) is 0 Å². The summed E-state index contributed by atoms with van der Waals surface area (Å²) in [4.78, 5) is 2.53. The Kier molecular flexibility index (Phi) is 5.87. The van der Waals surface area contributed by atoms with Gasteiger partial charge >= 0.3 is 0 Å². The predicted octanol–water partition coefficient (Wildman–Crippen LogP) is 1.64. The molecule has 1 heterocycles. The molecule has 0 spiro atoms. The molecule has 2 nitrogen and oxygen atoms in total. The van der Waals surface area contributed by atoms with E-state index in [-0.39, 0.29) is 0 Å². The summed E-state index contributed by atoms with van der Waals surface area (Å²) < 4.78 is 0. The van der Waals surface area contributed by atoms with Gasteiger partial charge in [-0.05, 0) is 38.9 Å². The van der Waals surface area contributed by atoms with Crippen LogP contribution in [0.1, 0.15) is 26.2 Å². The standard InChI is InChI=1S/C11H22N2/c1-2-12-8-4-7-11-13-9-5-3-6-10-13/h3,5,12H,2,4,6-11H2,1H3. The zero-order chi connectivity index (χ0) is 9.36. The minimum absolute atomic E-state index is 1.10. The first-order chi connectivity index (χ1) is 6.43. The van der Waals surface area contributed by atoms with Gasteiger partial charge < -0.3 is 5.32 Å². The Bertz CT molecular complexity index is 143. The first-order valence-corrected chi connectivity index (χ1v) is 5.51. The molecule has 0 radical (unpaired) electrons. The molecule has 0 unspecified atom stereocenters. The first-order valence-electron chi connectivity index (χ1n) is 5.51. The largest absolute Gasteiger partial charge is 0.317 e. The van der Waals surface area contributed by atoms with Crippen LogP contribution < -0.4 is 5.32 Å². The van der Waals surface area contributed by atoms with E-state index in [1.54, 1.807) is 0 Å². The van der Waals surface area contributed by atoms with Gasteiger partial charge in [-0.15, -0.1) is 0 Å². The minimum atomic E-state index is 1.10. The number of hydrogen-bond donors (Lipinski definition) is 1. The van der Waals surface area contributed by atoms with Gasteiger partial charge in [0, 0.05) is 13.1 Å². The molecule has 1 aliphatic rings. The van der Waals surface area contributed by atoms with Gasteiger partial charge in [-0.25, -0.2) is 0 Å². The van der Waals surface area contributed by atoms with Crippen molar-refractivity contribution in [2.24, 2.45) is 0 Å². The second-order valence-corrected chi connectivity index (χ2v) is 3.62. The summed E-state index contributed by atoms with van der Waals surface area (Å²) in [6, 6.07) is 0. The number of nitrogens with zero attached hydrogens (tertiary/aromatic N) is 1. The lowest BCUT2D eigenvalue weighted by Crippen LogP contribution is -2.28. The Morgan fingerprint density at radius 2 is 2.23 bits per heavy atom. The average molecular weight is 182 g/mol. The predicted molar refractivity (Wildman–Crippen MR) is 58.0 cm³/mol. The van der Waals surface area contributed by atoms with Crippen LogP contribution in [0.5, 0.6) is 0 Å². The zero-order valence-corrected chi connectivity index (χ0v) is 8.76. The van der Waals surface area contributed by atoms with Gasteiger partial charge in [-0.3, -0.25) is 4.90 Å². The first kappa shape index (κ1) is 10.7. The second-order valence-electron chi connectivity index (χ2n) is 3.62. The van der Waals surface area contributed by atoms with Crippen LogP contribution in [0.2, 0.25) is 0 Å². The van der Waals surface area contributed by atoms with E-state index in [1.165, 1.54) is 45.4 Å². The summed E-state index contributed by atoms with van der Waals surface area (Å²) in [7, 11) is 0. The molecule has 1 rings (SSSR count). The van der Waals surface area contributed by atoms with E-state index in [9.17, 15) is 0 Å². The molecule has 0 saturated heterocycles. The van der Waals surface area contributed by atoms with Gasteiger partial charge in [0.1, 0.15) is 0 Å². The number of hydrogen-bond acceptors (Lipinski definition) is 2. The van der Waals surface area contributed by atoms with Gasteiger partial charge in [-0.2, -0.15) is 0 Å². The maximum Gasteiger partial charge on any atom is 0.0163 e. The van der Waals surface area contributed by atoms with Crippen LogP contribution in [0.4, 0.5) is 0 Å². The van der Waals surface area contributed by atoms with Crippen molar-refractivity contribution >= 4 is 0 Å². The highest BCUT2D eigenvalue weighted by Gasteiger charge is 2.04. The topological polar surface area (TPSA) is 15.3 Å². The van der Waals surface area contributed by atoms with E-state index in [2.05, 4.69) is 29.3 Å². The van der Waals surface area contributed by atoms with E-state index < -0.39 is 0 Å². The lowest BCUT2D eigenvalue weighted by Gasteiger charge is -2.22. The fourth-order valence-electron chi connectivity index (χ4n) is 1.66. The van der Waals surface area contributed by atoms with E-state index >= 15 is 0 Å². The third-order valence-corrected chi connectivity index (χ3v) is 2.47. The molecule has 0 aromatic heterocycles. The van der Waals surface area contributed by atoms with Gasteiger partial charge in [0.2, 0.25) is 0 Å². The Balaban J connectivity index is 1.90. The molecule has 0 fully saturated rings. The summed E-state index contributed by atoms with van der Waals surface area (Å²) >= 11 is 0. The Morgan fingerprint density at radius 1 is 1.31 bits per heavy atom. The molecule has 1 aliphatic heterocycles. The molecule has 0 amide bonds. The molecule has 0 atom stereocenters. The third kappa shape index (κ3) is 5.06. The normalized spacial score (nSPS) is 17.9. The fraction of sp³-hybridized carbons (Fsp3) is 0.818. The SMILES string of the molecule is CCNCCCCN1CC=CCC1. The van der Waals surface area contributed by atoms with Crippen molar-refractivity contribution in [1.29, 1.82) is 0 Å². The molecule has 0 bridgehead atoms. The van der Waals surface area contributed by atoms with Gasteiger partial charge in [0.25, 0.3) is 0 Å². The minimum Gasteiger partial charge on any atom is -0.317 e. The monoisotopic (exact) mass is 182 g/mol. The summed E-state index contributed by atoms with van der Waals surface area (Å²) in [5, 5.41) is 3.35. The van der Waals surface area contributed by atoms with Crippen LogP contribution in [0, 0.1) is 0 Å². The van der Waals surface area contributed by atoms with E-state index in [1.807, 2.05) is 0 Å². The van der Waals surface area contributed by atoms with Gasteiger partial charge in [0.05, 0.1) is 0 Å². The van der Waals surface area contributed by atoms with Crippen molar-refractivity contribution in [2.45, 2.75) is 26.2 Å². The maximum absolute atomic E-state index is 3.35. The van der Waals surface area contributed by atoms with Crippen molar-refractivity contribution in [3.05, 3.63) is 12.2 Å². The maximum atomic E-state index is 3.35. The molecule has 1 N–H and O–H groups in total. The molecular weight excluding hydrogens is 160 g/mol. The molecule has 0 aromatic rings. The number of nitrogens with one attached hydrogen (secondary N) is 1. The molecule has 2 heteroatoms. The summed E-state index contributed by atoms with van der Waals surface area (Å²) in [6.07, 6.45) is 8.46. The number of rotatable bonds is 6. The third-order valence-electron chi connectivity index (χ3n) is 2.47. The summed E-state index contributed by atoms with van der Waals surface area (Å²) in [5.74, 6) is 0. The Hall–Kier alpha value is -0.340. The van der Waals surface area contributed by atoms with Crippen LogP contribution in [0.25, 0.3) is 0 Å². The number of unbranched alkanes of at least 4 members (excludes halogenated alkanes) is 1. The van der Waals surface area contributed by atoms with Crippen molar-refractivity contribution < 1.29 is 0 Å². The quantitative estimate of drug-likeness (QED) is 0.496. The smallest absolute Gasteiger partial charge is 0.0163 e. The molecule has 0 saturated carbocycles. The fourth-order valence-corrected chi connectivity index (χ4v) is 1.66. The molecule has 0 aromatic carbocycles. The van der Waals surface area contributed by atoms with Gasteiger partial charge in [-0.1, -0.05) is 19.1 Å². The van der Waals surface area contributed by atoms with Crippen LogP contribution in [-0.2, 0) is 0 Å². The van der Waals surface area contributed by atoms with Crippen LogP contribution in [-0.4, -0.2) is 37.6 Å². The van der Waals surface area contributed by atoms with Crippen molar-refractivity contribution in [1.82, 2.24) is 10.2 Å². The highest BCUT2D eigenvalue weighted by atomic mass is 15.1. The Labute approximate surface area is 82.0 Å². The molecular formula is C11H22N2. The van der Waals surface area contributed by atoms with Crippen LogP contribution in [0.15, 0.2) is 12.2 Å². The molecule has 0 aliphatic carbocycles. The molecule has 76 valence electrons. The van der Waals surface area contributed by atoms with Crippen molar-refractivity contribution in [3.63, 3.8) is 0 Å². The lowest BCUT2D eigenvalue weighted by molar-refractivity contribution is 0.291. The zero-order valence-electron chi connectivity index (χ0n) is 8.76. The Morgan fingerprint density at radius 3 is 2.92 bits per heavy atom. The van der Waals surface area contributed by atoms with E-state index in [0.29, 0.717) is 0 Å². The summed E-state index contributed by atoms with van der Waals surface area (Å²) in [5.41, 5.74) is 0. The van der Waals surface area contributed by atoms with Gasteiger partial charge in [0.15, 0.2) is 0 Å². The highest BCUT2D eigenvalue weighted by molar-refractivity contribution is 4.90. The molecule has 13 heavy (non-hydrogen) atoms. The van der Waals surface area contributed by atoms with Crippen molar-refractivity contribution in [3.8, 4) is 0 Å². The highest BCUT2D eigenvalue weighted by Crippen LogP contribution is 2.02. The lowest BCUT2D eigenvalue weighted by atomic mass is 10.2. The second kappa shape index (κ2) is 7.10. The average Bonchev–Trinajstić information content (AvgIpc) is 2.19. The van der Waals surface area contributed by atoms with E-state index in [0.717, 1.165) is 6.54 Å². The summed E-state index contributed by atoms with van der Waals surface area (Å²) in [6.45, 7) is 8.15. The van der Waals surface area contributed by atoms with Crippen LogP contribution >= 0.6 is 0 Å². The van der Waals surface area contributed by atoms with Crippen molar-refractivity contribution in [2.75, 3.05) is 32.7 Å². The van der Waals surface area contributed by atoms with Crippen LogP contribution in [0.3, 0.4) is 0 Å².